The molecular formula is C16H20N4O2S. The summed E-state index contributed by atoms with van der Waals surface area (Å²) in [5, 5.41) is 0. The molecular weight excluding hydrogens is 312 g/mol. The molecule has 4 heterocycles. The summed E-state index contributed by atoms with van der Waals surface area (Å²) in [6, 6.07) is 2.12. The number of hydrogen-bond acceptors (Lipinski definition) is 5. The second-order valence-electron chi connectivity index (χ2n) is 6.06. The fourth-order valence-electron chi connectivity index (χ4n) is 3.25. The summed E-state index contributed by atoms with van der Waals surface area (Å²) in [7, 11) is 0. The molecule has 0 N–H and O–H groups in total. The van der Waals surface area contributed by atoms with E-state index in [9.17, 15) is 4.79 Å². The van der Waals surface area contributed by atoms with Crippen LogP contribution in [0.3, 0.4) is 0 Å². The van der Waals surface area contributed by atoms with Gasteiger partial charge in [0.15, 0.2) is 0 Å². The quantitative estimate of drug-likeness (QED) is 0.855. The molecule has 0 spiro atoms. The summed E-state index contributed by atoms with van der Waals surface area (Å²) < 4.78 is 7.54. The van der Waals surface area contributed by atoms with Crippen molar-refractivity contribution in [3.05, 3.63) is 30.4 Å². The van der Waals surface area contributed by atoms with E-state index in [0.717, 1.165) is 37.4 Å². The number of amides is 1. The lowest BCUT2D eigenvalue weighted by atomic mass is 10.1. The molecule has 122 valence electrons. The first-order valence-corrected chi connectivity index (χ1v) is 9.27. The Kier molecular flexibility index (Phi) is 4.22. The van der Waals surface area contributed by atoms with E-state index in [4.69, 9.17) is 4.74 Å². The van der Waals surface area contributed by atoms with Crippen molar-refractivity contribution in [2.45, 2.75) is 31.4 Å². The topological polar surface area (TPSA) is 59.7 Å². The highest BCUT2D eigenvalue weighted by molar-refractivity contribution is 7.99. The monoisotopic (exact) mass is 332 g/mol. The number of aromatic nitrogens is 3. The lowest BCUT2D eigenvalue weighted by molar-refractivity contribution is 0.0438. The van der Waals surface area contributed by atoms with Crippen molar-refractivity contribution in [2.24, 2.45) is 0 Å². The highest BCUT2D eigenvalue weighted by Gasteiger charge is 2.32. The standard InChI is InChI=1S/C16H20N4O2S/c21-15(14-10-19-6-2-5-17-16(19)18-14)20(12-4-8-23-11-12)9-13-3-1-7-22-13/h2,5-6,10,12-13H,1,3-4,7-9,11H2. The highest BCUT2D eigenvalue weighted by atomic mass is 32.2. The van der Waals surface area contributed by atoms with E-state index in [2.05, 4.69) is 9.97 Å². The van der Waals surface area contributed by atoms with E-state index in [0.29, 0.717) is 18.0 Å². The zero-order chi connectivity index (χ0) is 15.6. The number of rotatable bonds is 4. The van der Waals surface area contributed by atoms with Crippen LogP contribution in [0.5, 0.6) is 0 Å². The second-order valence-corrected chi connectivity index (χ2v) is 7.21. The molecule has 2 aromatic heterocycles. The van der Waals surface area contributed by atoms with Crippen LogP contribution in [0.1, 0.15) is 29.8 Å². The molecule has 2 atom stereocenters. The Morgan fingerprint density at radius 3 is 3.17 bits per heavy atom. The molecule has 2 saturated heterocycles. The highest BCUT2D eigenvalue weighted by Crippen LogP contribution is 2.25. The van der Waals surface area contributed by atoms with Crippen LogP contribution in [0.25, 0.3) is 5.78 Å². The third-order valence-electron chi connectivity index (χ3n) is 4.49. The van der Waals surface area contributed by atoms with E-state index >= 15 is 0 Å². The zero-order valence-electron chi connectivity index (χ0n) is 12.9. The minimum atomic E-state index is -0.00139. The van der Waals surface area contributed by atoms with Gasteiger partial charge in [-0.15, -0.1) is 0 Å². The van der Waals surface area contributed by atoms with Gasteiger partial charge in [0, 0.05) is 43.5 Å². The second kappa shape index (κ2) is 6.49. The molecule has 0 saturated carbocycles. The van der Waals surface area contributed by atoms with Gasteiger partial charge >= 0.3 is 0 Å². The van der Waals surface area contributed by atoms with Crippen molar-refractivity contribution in [3.8, 4) is 0 Å². The first-order valence-electron chi connectivity index (χ1n) is 8.11. The molecule has 0 bridgehead atoms. The maximum Gasteiger partial charge on any atom is 0.274 e. The maximum absolute atomic E-state index is 13.0. The molecule has 2 fully saturated rings. The van der Waals surface area contributed by atoms with Crippen molar-refractivity contribution in [2.75, 3.05) is 24.7 Å². The fraction of sp³-hybridized carbons (Fsp3) is 0.562. The number of nitrogens with zero attached hydrogens (tertiary/aromatic N) is 4. The van der Waals surface area contributed by atoms with Gasteiger partial charge in [0.1, 0.15) is 5.69 Å². The van der Waals surface area contributed by atoms with Gasteiger partial charge in [-0.2, -0.15) is 11.8 Å². The Labute approximate surface area is 139 Å². The van der Waals surface area contributed by atoms with Gasteiger partial charge in [0.25, 0.3) is 5.91 Å². The van der Waals surface area contributed by atoms with Crippen molar-refractivity contribution in [1.82, 2.24) is 19.3 Å². The molecule has 2 aliphatic heterocycles. The molecule has 6 nitrogen and oxygen atoms in total. The number of thioether (sulfide) groups is 1. The van der Waals surface area contributed by atoms with Gasteiger partial charge in [-0.05, 0) is 31.1 Å². The molecule has 0 radical (unpaired) electrons. The Morgan fingerprint density at radius 2 is 2.43 bits per heavy atom. The number of hydrogen-bond donors (Lipinski definition) is 0. The van der Waals surface area contributed by atoms with Crippen molar-refractivity contribution in [1.29, 1.82) is 0 Å². The number of imidazole rings is 1. The van der Waals surface area contributed by atoms with E-state index in [1.54, 1.807) is 16.8 Å². The van der Waals surface area contributed by atoms with Gasteiger partial charge in [-0.25, -0.2) is 9.97 Å². The summed E-state index contributed by atoms with van der Waals surface area (Å²) >= 11 is 1.91. The Morgan fingerprint density at radius 1 is 1.48 bits per heavy atom. The summed E-state index contributed by atoms with van der Waals surface area (Å²) in [6.07, 6.45) is 8.67. The van der Waals surface area contributed by atoms with Crippen LogP contribution >= 0.6 is 11.8 Å². The molecule has 7 heteroatoms. The Bertz CT molecular complexity index is 659. The molecule has 2 aromatic rings. The summed E-state index contributed by atoms with van der Waals surface area (Å²) in [5.41, 5.74) is 0.471. The van der Waals surface area contributed by atoms with Crippen LogP contribution in [-0.4, -0.2) is 62.0 Å². The number of carbonyl (C=O) groups is 1. The van der Waals surface area contributed by atoms with Crippen LogP contribution < -0.4 is 0 Å². The predicted molar refractivity (Wildman–Crippen MR) is 88.7 cm³/mol. The number of carbonyl (C=O) groups excluding carboxylic acids is 1. The van der Waals surface area contributed by atoms with E-state index in [-0.39, 0.29) is 18.1 Å². The molecule has 2 aliphatic rings. The third-order valence-corrected chi connectivity index (χ3v) is 5.63. The van der Waals surface area contributed by atoms with Crippen LogP contribution in [0.15, 0.2) is 24.7 Å². The predicted octanol–water partition coefficient (Wildman–Crippen LogP) is 1.86. The smallest absolute Gasteiger partial charge is 0.274 e. The first-order chi connectivity index (χ1) is 11.3. The van der Waals surface area contributed by atoms with Gasteiger partial charge < -0.3 is 9.64 Å². The van der Waals surface area contributed by atoms with Crippen molar-refractivity contribution >= 4 is 23.4 Å². The van der Waals surface area contributed by atoms with E-state index < -0.39 is 0 Å². The average Bonchev–Trinajstić information content (AvgIpc) is 3.32. The number of ether oxygens (including phenoxy) is 1. The van der Waals surface area contributed by atoms with E-state index in [1.807, 2.05) is 28.9 Å². The lowest BCUT2D eigenvalue weighted by Crippen LogP contribution is -2.44. The van der Waals surface area contributed by atoms with Gasteiger partial charge in [-0.1, -0.05) is 0 Å². The van der Waals surface area contributed by atoms with Gasteiger partial charge in [-0.3, -0.25) is 9.20 Å². The summed E-state index contributed by atoms with van der Waals surface area (Å²) in [5.74, 6) is 2.68. The molecule has 2 unspecified atom stereocenters. The minimum absolute atomic E-state index is 0.00139. The zero-order valence-corrected chi connectivity index (χ0v) is 13.7. The van der Waals surface area contributed by atoms with Crippen molar-refractivity contribution in [3.63, 3.8) is 0 Å². The van der Waals surface area contributed by atoms with Crippen molar-refractivity contribution < 1.29 is 9.53 Å². The molecule has 4 rings (SSSR count). The first kappa shape index (κ1) is 15.0. The molecule has 0 aromatic carbocycles. The van der Waals surface area contributed by atoms with Crippen LogP contribution in [0.4, 0.5) is 0 Å². The molecule has 1 amide bonds. The summed E-state index contributed by atoms with van der Waals surface area (Å²) in [6.45, 7) is 1.48. The fourth-order valence-corrected chi connectivity index (χ4v) is 4.48. The molecule has 23 heavy (non-hydrogen) atoms. The lowest BCUT2D eigenvalue weighted by Gasteiger charge is -2.30. The van der Waals surface area contributed by atoms with Crippen LogP contribution in [-0.2, 0) is 4.74 Å². The van der Waals surface area contributed by atoms with Crippen LogP contribution in [0, 0.1) is 0 Å². The maximum atomic E-state index is 13.0. The largest absolute Gasteiger partial charge is 0.376 e. The SMILES string of the molecule is O=C(c1cn2cccnc2n1)N(CC1CCCO1)C1CCSC1. The summed E-state index contributed by atoms with van der Waals surface area (Å²) in [4.78, 5) is 23.6. The van der Waals surface area contributed by atoms with E-state index in [1.165, 1.54) is 0 Å². The average molecular weight is 332 g/mol. The third kappa shape index (κ3) is 3.07. The van der Waals surface area contributed by atoms with Gasteiger partial charge in [0.05, 0.1) is 6.10 Å². The molecule has 0 aliphatic carbocycles. The normalized spacial score (nSPS) is 24.3. The number of fused-ring (bicyclic) bond motifs is 1. The Hall–Kier alpha value is -1.60. The minimum Gasteiger partial charge on any atom is -0.376 e. The van der Waals surface area contributed by atoms with Gasteiger partial charge in [0.2, 0.25) is 5.78 Å². The van der Waals surface area contributed by atoms with Crippen LogP contribution in [0.2, 0.25) is 0 Å². The Balaban J connectivity index is 1.59.